The van der Waals surface area contributed by atoms with Crippen molar-refractivity contribution in [3.63, 3.8) is 0 Å². The van der Waals surface area contributed by atoms with Crippen molar-refractivity contribution >= 4 is 50.3 Å². The van der Waals surface area contributed by atoms with E-state index in [1.807, 2.05) is 6.07 Å². The molecule has 10 heteroatoms. The van der Waals surface area contributed by atoms with Gasteiger partial charge in [0.15, 0.2) is 5.13 Å². The number of urea groups is 1. The molecule has 0 saturated heterocycles. The zero-order chi connectivity index (χ0) is 21.5. The predicted octanol–water partition coefficient (Wildman–Crippen LogP) is 3.24. The number of thiazole rings is 1. The number of esters is 1. The van der Waals surface area contributed by atoms with Crippen molar-refractivity contribution in [2.75, 3.05) is 30.9 Å². The third kappa shape index (κ3) is 5.23. The second-order valence-corrected chi connectivity index (χ2v) is 7.01. The van der Waals surface area contributed by atoms with Gasteiger partial charge in [0.25, 0.3) is 5.91 Å². The summed E-state index contributed by atoms with van der Waals surface area (Å²) in [5.74, 6) is -0.364. The van der Waals surface area contributed by atoms with Crippen molar-refractivity contribution in [1.82, 2.24) is 10.3 Å². The molecular formula is C20H20N4O5S. The molecule has 0 aliphatic rings. The number of nitrogens with zero attached hydrogens (tertiary/aromatic N) is 1. The van der Waals surface area contributed by atoms with E-state index in [1.165, 1.54) is 18.4 Å². The van der Waals surface area contributed by atoms with E-state index < -0.39 is 12.0 Å². The molecule has 0 atom stereocenters. The van der Waals surface area contributed by atoms with E-state index in [-0.39, 0.29) is 19.1 Å². The van der Waals surface area contributed by atoms with E-state index in [0.717, 1.165) is 0 Å². The van der Waals surface area contributed by atoms with Crippen LogP contribution in [0.2, 0.25) is 0 Å². The van der Waals surface area contributed by atoms with E-state index >= 15 is 0 Å². The Kier molecular flexibility index (Phi) is 6.81. The Balaban J connectivity index is 1.74. The van der Waals surface area contributed by atoms with Crippen molar-refractivity contribution in [3.05, 3.63) is 48.0 Å². The molecule has 3 N–H and O–H groups in total. The Labute approximate surface area is 176 Å². The summed E-state index contributed by atoms with van der Waals surface area (Å²) in [5.41, 5.74) is 1.53. The standard InChI is InChI=1S/C20H20N4O5S/c1-3-29-16(25)11-21-19(27)22-13-9-14(28-2)17-15(10-13)30-20(23-17)24-18(26)12-7-5-4-6-8-12/h4-10H,3,11H2,1-2H3,(H2,21,22,27)(H,23,24,26). The van der Waals surface area contributed by atoms with Crippen LogP contribution in [0, 0.1) is 0 Å². The van der Waals surface area contributed by atoms with Gasteiger partial charge in [0.2, 0.25) is 0 Å². The normalized spacial score (nSPS) is 10.3. The predicted molar refractivity (Wildman–Crippen MR) is 114 cm³/mol. The number of benzene rings is 2. The second kappa shape index (κ2) is 9.70. The van der Waals surface area contributed by atoms with Crippen LogP contribution in [-0.2, 0) is 9.53 Å². The lowest BCUT2D eigenvalue weighted by molar-refractivity contribution is -0.141. The molecule has 0 unspecified atom stereocenters. The molecule has 0 aliphatic carbocycles. The van der Waals surface area contributed by atoms with Crippen LogP contribution in [0.4, 0.5) is 15.6 Å². The minimum atomic E-state index is -0.563. The first-order valence-electron chi connectivity index (χ1n) is 9.05. The van der Waals surface area contributed by atoms with E-state index in [2.05, 4.69) is 20.9 Å². The Bertz CT molecular complexity index is 1070. The van der Waals surface area contributed by atoms with Gasteiger partial charge in [-0.15, -0.1) is 0 Å². The van der Waals surface area contributed by atoms with Crippen molar-refractivity contribution in [3.8, 4) is 5.75 Å². The average Bonchev–Trinajstić information content (AvgIpc) is 3.14. The molecule has 156 valence electrons. The number of aromatic nitrogens is 1. The number of nitrogens with one attached hydrogen (secondary N) is 3. The maximum Gasteiger partial charge on any atom is 0.325 e. The van der Waals surface area contributed by atoms with Gasteiger partial charge in [-0.3, -0.25) is 14.9 Å². The Hall–Kier alpha value is -3.66. The summed E-state index contributed by atoms with van der Waals surface area (Å²) in [6.07, 6.45) is 0. The number of ether oxygens (including phenoxy) is 2. The second-order valence-electron chi connectivity index (χ2n) is 5.98. The van der Waals surface area contributed by atoms with E-state index in [0.29, 0.717) is 32.3 Å². The smallest absolute Gasteiger partial charge is 0.325 e. The molecule has 1 aromatic heterocycles. The van der Waals surface area contributed by atoms with Crippen LogP contribution in [-0.4, -0.2) is 43.2 Å². The Morgan fingerprint density at radius 3 is 2.57 bits per heavy atom. The van der Waals surface area contributed by atoms with Crippen molar-refractivity contribution in [2.24, 2.45) is 0 Å². The number of rotatable bonds is 7. The van der Waals surface area contributed by atoms with Crippen LogP contribution >= 0.6 is 11.3 Å². The van der Waals surface area contributed by atoms with Crippen molar-refractivity contribution in [2.45, 2.75) is 6.92 Å². The fourth-order valence-electron chi connectivity index (χ4n) is 2.58. The molecule has 0 saturated carbocycles. The average molecular weight is 428 g/mol. The number of hydrogen-bond acceptors (Lipinski definition) is 7. The van der Waals surface area contributed by atoms with Gasteiger partial charge < -0.3 is 20.1 Å². The monoisotopic (exact) mass is 428 g/mol. The fraction of sp³-hybridized carbons (Fsp3) is 0.200. The SMILES string of the molecule is CCOC(=O)CNC(=O)Nc1cc(OC)c2nc(NC(=O)c3ccccc3)sc2c1. The van der Waals surface area contributed by atoms with E-state index in [1.54, 1.807) is 43.3 Å². The highest BCUT2D eigenvalue weighted by molar-refractivity contribution is 7.22. The topological polar surface area (TPSA) is 119 Å². The van der Waals surface area contributed by atoms with Crippen LogP contribution in [0.5, 0.6) is 5.75 Å². The molecule has 3 aromatic rings. The molecule has 0 bridgehead atoms. The molecule has 0 spiro atoms. The Morgan fingerprint density at radius 1 is 1.10 bits per heavy atom. The van der Waals surface area contributed by atoms with Gasteiger partial charge in [-0.2, -0.15) is 0 Å². The Morgan fingerprint density at radius 2 is 1.87 bits per heavy atom. The maximum atomic E-state index is 12.4. The zero-order valence-electron chi connectivity index (χ0n) is 16.4. The summed E-state index contributed by atoms with van der Waals surface area (Å²) >= 11 is 1.25. The van der Waals surface area contributed by atoms with Crippen LogP contribution in [0.25, 0.3) is 10.2 Å². The highest BCUT2D eigenvalue weighted by atomic mass is 32.1. The largest absolute Gasteiger partial charge is 0.494 e. The lowest BCUT2D eigenvalue weighted by Gasteiger charge is -2.09. The van der Waals surface area contributed by atoms with Crippen molar-refractivity contribution < 1.29 is 23.9 Å². The van der Waals surface area contributed by atoms with Crippen LogP contribution in [0.3, 0.4) is 0 Å². The zero-order valence-corrected chi connectivity index (χ0v) is 17.2. The number of methoxy groups -OCH3 is 1. The van der Waals surface area contributed by atoms with Gasteiger partial charge in [-0.25, -0.2) is 9.78 Å². The number of fused-ring (bicyclic) bond motifs is 1. The summed E-state index contributed by atoms with van der Waals surface area (Å²) in [7, 11) is 1.49. The van der Waals surface area contributed by atoms with Crippen LogP contribution in [0.1, 0.15) is 17.3 Å². The number of carbonyl (C=O) groups is 3. The fourth-order valence-corrected chi connectivity index (χ4v) is 3.50. The molecule has 0 fully saturated rings. The first-order chi connectivity index (χ1) is 14.5. The van der Waals surface area contributed by atoms with Gasteiger partial charge >= 0.3 is 12.0 Å². The molecule has 9 nitrogen and oxygen atoms in total. The minimum Gasteiger partial charge on any atom is -0.494 e. The van der Waals surface area contributed by atoms with Gasteiger partial charge in [0.05, 0.1) is 18.4 Å². The molecule has 30 heavy (non-hydrogen) atoms. The van der Waals surface area contributed by atoms with Crippen LogP contribution in [0.15, 0.2) is 42.5 Å². The summed E-state index contributed by atoms with van der Waals surface area (Å²) in [6.45, 7) is 1.69. The third-order valence-corrected chi connectivity index (χ3v) is 4.81. The highest BCUT2D eigenvalue weighted by Crippen LogP contribution is 2.35. The molecule has 3 amide bonds. The molecule has 0 aliphatic heterocycles. The number of hydrogen-bond donors (Lipinski definition) is 3. The first kappa shape index (κ1) is 21.1. The minimum absolute atomic E-state index is 0.241. The summed E-state index contributed by atoms with van der Waals surface area (Å²) in [5, 5.41) is 8.22. The van der Waals surface area contributed by atoms with Gasteiger partial charge in [0, 0.05) is 17.3 Å². The quantitative estimate of drug-likeness (QED) is 0.497. The van der Waals surface area contributed by atoms with E-state index in [9.17, 15) is 14.4 Å². The highest BCUT2D eigenvalue weighted by Gasteiger charge is 2.15. The number of anilines is 2. The van der Waals surface area contributed by atoms with Crippen molar-refractivity contribution in [1.29, 1.82) is 0 Å². The lowest BCUT2D eigenvalue weighted by Crippen LogP contribution is -2.34. The number of carbonyl (C=O) groups excluding carboxylic acids is 3. The third-order valence-electron chi connectivity index (χ3n) is 3.89. The van der Waals surface area contributed by atoms with Crippen LogP contribution < -0.4 is 20.7 Å². The summed E-state index contributed by atoms with van der Waals surface area (Å²) < 4.78 is 10.8. The van der Waals surface area contributed by atoms with Gasteiger partial charge in [-0.05, 0) is 25.1 Å². The summed E-state index contributed by atoms with van der Waals surface area (Å²) in [6, 6.07) is 11.6. The van der Waals surface area contributed by atoms with Gasteiger partial charge in [0.1, 0.15) is 17.8 Å². The molecule has 3 rings (SSSR count). The maximum absolute atomic E-state index is 12.4. The van der Waals surface area contributed by atoms with E-state index in [4.69, 9.17) is 9.47 Å². The number of amides is 3. The molecule has 1 heterocycles. The first-order valence-corrected chi connectivity index (χ1v) is 9.87. The molecule has 2 aromatic carbocycles. The molecular weight excluding hydrogens is 408 g/mol. The lowest BCUT2D eigenvalue weighted by atomic mass is 10.2. The van der Waals surface area contributed by atoms with Gasteiger partial charge in [-0.1, -0.05) is 29.5 Å². The molecule has 0 radical (unpaired) electrons. The summed E-state index contributed by atoms with van der Waals surface area (Å²) in [4.78, 5) is 40.1.